The van der Waals surface area contributed by atoms with Gasteiger partial charge >= 0.3 is 0 Å². The van der Waals surface area contributed by atoms with Gasteiger partial charge in [-0.3, -0.25) is 9.69 Å². The van der Waals surface area contributed by atoms with Crippen molar-refractivity contribution in [1.82, 2.24) is 20.2 Å². The number of hydrazone groups is 1. The lowest BCUT2D eigenvalue weighted by atomic mass is 9.98. The van der Waals surface area contributed by atoms with E-state index < -0.39 is 0 Å². The standard InChI is InChI=1S/C23H31ClN6O/c1-29(2)14-11-25-20-7-8-22(26-16-20)23(31)28-27-15-18-9-12-30(13-10-18)17-19-5-3-4-6-21(19)24/h3-8,15-16,18,25H,9-14,17H2,1-2H3,(H,28,31)/b27-15+. The van der Waals surface area contributed by atoms with Crippen molar-refractivity contribution in [3.8, 4) is 0 Å². The van der Waals surface area contributed by atoms with Crippen molar-refractivity contribution >= 4 is 29.4 Å². The lowest BCUT2D eigenvalue weighted by Crippen LogP contribution is -2.34. The predicted octanol–water partition coefficient (Wildman–Crippen LogP) is 3.34. The van der Waals surface area contributed by atoms with Gasteiger partial charge in [-0.2, -0.15) is 5.10 Å². The number of hydrogen-bond donors (Lipinski definition) is 2. The number of amides is 1. The van der Waals surface area contributed by atoms with Gasteiger partial charge in [-0.15, -0.1) is 0 Å². The first-order chi connectivity index (χ1) is 15.0. The number of halogens is 1. The summed E-state index contributed by atoms with van der Waals surface area (Å²) >= 11 is 6.26. The molecule has 166 valence electrons. The normalized spacial score (nSPS) is 15.5. The molecular formula is C23H31ClN6O. The summed E-state index contributed by atoms with van der Waals surface area (Å²) in [7, 11) is 4.05. The van der Waals surface area contributed by atoms with Gasteiger partial charge in [0.05, 0.1) is 11.9 Å². The Balaban J connectivity index is 1.39. The molecule has 1 saturated heterocycles. The second kappa shape index (κ2) is 11.8. The summed E-state index contributed by atoms with van der Waals surface area (Å²) in [4.78, 5) is 21.0. The van der Waals surface area contributed by atoms with Crippen LogP contribution in [0.3, 0.4) is 0 Å². The quantitative estimate of drug-likeness (QED) is 0.460. The number of nitrogens with one attached hydrogen (secondary N) is 2. The van der Waals surface area contributed by atoms with Crippen molar-refractivity contribution < 1.29 is 4.79 Å². The number of likely N-dealkylation sites (tertiary alicyclic amines) is 1. The number of hydrogen-bond acceptors (Lipinski definition) is 6. The van der Waals surface area contributed by atoms with Crippen molar-refractivity contribution in [1.29, 1.82) is 0 Å². The Kier molecular flexibility index (Phi) is 8.82. The van der Waals surface area contributed by atoms with Gasteiger partial charge < -0.3 is 10.2 Å². The average Bonchev–Trinajstić information content (AvgIpc) is 2.77. The van der Waals surface area contributed by atoms with E-state index in [1.54, 1.807) is 12.3 Å². The van der Waals surface area contributed by atoms with Crippen LogP contribution in [0.4, 0.5) is 5.69 Å². The zero-order valence-electron chi connectivity index (χ0n) is 18.2. The first kappa shape index (κ1) is 23.2. The Morgan fingerprint density at radius 3 is 2.71 bits per heavy atom. The van der Waals surface area contributed by atoms with E-state index >= 15 is 0 Å². The van der Waals surface area contributed by atoms with E-state index in [2.05, 4.69) is 36.7 Å². The number of anilines is 1. The number of nitrogens with zero attached hydrogens (tertiary/aromatic N) is 4. The summed E-state index contributed by atoms with van der Waals surface area (Å²) in [6.07, 6.45) is 5.54. The molecule has 0 saturated carbocycles. The van der Waals surface area contributed by atoms with E-state index in [1.165, 1.54) is 0 Å². The molecule has 0 atom stereocenters. The third-order valence-corrected chi connectivity index (χ3v) is 5.69. The Morgan fingerprint density at radius 2 is 2.03 bits per heavy atom. The molecule has 1 amide bonds. The minimum absolute atomic E-state index is 0.299. The zero-order valence-corrected chi connectivity index (χ0v) is 19.0. The molecule has 0 spiro atoms. The molecule has 1 aromatic heterocycles. The minimum Gasteiger partial charge on any atom is -0.383 e. The van der Waals surface area contributed by atoms with Crippen LogP contribution >= 0.6 is 11.6 Å². The molecule has 1 aliphatic heterocycles. The molecule has 0 radical (unpaired) electrons. The first-order valence-corrected chi connectivity index (χ1v) is 11.0. The molecule has 2 N–H and O–H groups in total. The van der Waals surface area contributed by atoms with E-state index in [0.717, 1.165) is 61.8 Å². The number of aromatic nitrogens is 1. The van der Waals surface area contributed by atoms with Crippen LogP contribution in [-0.4, -0.2) is 67.2 Å². The SMILES string of the molecule is CN(C)CCNc1ccc(C(=O)N/N=C/C2CCN(Cc3ccccc3Cl)CC2)nc1. The fourth-order valence-corrected chi connectivity index (χ4v) is 3.64. The van der Waals surface area contributed by atoms with Crippen LogP contribution in [-0.2, 0) is 6.54 Å². The molecule has 31 heavy (non-hydrogen) atoms. The summed E-state index contributed by atoms with van der Waals surface area (Å²) in [6, 6.07) is 11.5. The summed E-state index contributed by atoms with van der Waals surface area (Å²) in [6.45, 7) is 4.59. The van der Waals surface area contributed by atoms with Crippen LogP contribution in [0.1, 0.15) is 28.9 Å². The highest BCUT2D eigenvalue weighted by Gasteiger charge is 2.18. The van der Waals surface area contributed by atoms with E-state index in [1.807, 2.05) is 44.6 Å². The molecule has 2 aromatic rings. The largest absolute Gasteiger partial charge is 0.383 e. The maximum absolute atomic E-state index is 12.3. The number of carbonyl (C=O) groups excluding carboxylic acids is 1. The Morgan fingerprint density at radius 1 is 1.26 bits per heavy atom. The van der Waals surface area contributed by atoms with Crippen LogP contribution in [0.25, 0.3) is 0 Å². The van der Waals surface area contributed by atoms with Crippen LogP contribution in [0, 0.1) is 5.92 Å². The minimum atomic E-state index is -0.299. The van der Waals surface area contributed by atoms with Gasteiger partial charge in [-0.1, -0.05) is 29.8 Å². The topological polar surface area (TPSA) is 72.9 Å². The van der Waals surface area contributed by atoms with Crippen LogP contribution < -0.4 is 10.7 Å². The molecule has 2 heterocycles. The maximum atomic E-state index is 12.3. The van der Waals surface area contributed by atoms with Crippen LogP contribution in [0.2, 0.25) is 5.02 Å². The van der Waals surface area contributed by atoms with Gasteiger partial charge in [0, 0.05) is 30.9 Å². The van der Waals surface area contributed by atoms with Crippen molar-refractivity contribution in [2.75, 3.05) is 45.6 Å². The number of rotatable bonds is 9. The van der Waals surface area contributed by atoms with Gasteiger partial charge in [0.2, 0.25) is 0 Å². The highest BCUT2D eigenvalue weighted by atomic mass is 35.5. The van der Waals surface area contributed by atoms with Gasteiger partial charge in [0.1, 0.15) is 5.69 Å². The molecule has 0 unspecified atom stereocenters. The molecule has 8 heteroatoms. The van der Waals surface area contributed by atoms with E-state index in [-0.39, 0.29) is 5.91 Å². The zero-order chi connectivity index (χ0) is 22.1. The van der Waals surface area contributed by atoms with E-state index in [0.29, 0.717) is 11.6 Å². The number of likely N-dealkylation sites (N-methyl/N-ethyl adjacent to an activating group) is 1. The third-order valence-electron chi connectivity index (χ3n) is 5.32. The van der Waals surface area contributed by atoms with Crippen molar-refractivity contribution in [2.45, 2.75) is 19.4 Å². The van der Waals surface area contributed by atoms with Crippen molar-refractivity contribution in [3.05, 3.63) is 58.9 Å². The number of piperidine rings is 1. The fourth-order valence-electron chi connectivity index (χ4n) is 3.44. The second-order valence-corrected chi connectivity index (χ2v) is 8.49. The van der Waals surface area contributed by atoms with Gasteiger partial charge in [0.15, 0.2) is 0 Å². The summed E-state index contributed by atoms with van der Waals surface area (Å²) in [5, 5.41) is 8.25. The maximum Gasteiger partial charge on any atom is 0.289 e. The van der Waals surface area contributed by atoms with Gasteiger partial charge in [-0.05, 0) is 69.7 Å². The van der Waals surface area contributed by atoms with Gasteiger partial charge in [-0.25, -0.2) is 10.4 Å². The van der Waals surface area contributed by atoms with Crippen LogP contribution in [0.15, 0.2) is 47.7 Å². The molecular weight excluding hydrogens is 412 g/mol. The van der Waals surface area contributed by atoms with E-state index in [9.17, 15) is 4.79 Å². The molecule has 3 rings (SSSR count). The average molecular weight is 443 g/mol. The second-order valence-electron chi connectivity index (χ2n) is 8.09. The number of pyridine rings is 1. The molecule has 0 aliphatic carbocycles. The molecule has 1 aromatic carbocycles. The fraction of sp³-hybridized carbons (Fsp3) is 0.435. The Bertz CT molecular complexity index is 863. The predicted molar refractivity (Wildman–Crippen MR) is 127 cm³/mol. The van der Waals surface area contributed by atoms with Crippen molar-refractivity contribution in [2.24, 2.45) is 11.0 Å². The summed E-state index contributed by atoms with van der Waals surface area (Å²) in [5.41, 5.74) is 5.00. The molecule has 7 nitrogen and oxygen atoms in total. The Hall–Kier alpha value is -2.48. The number of benzene rings is 1. The van der Waals surface area contributed by atoms with Crippen molar-refractivity contribution in [3.63, 3.8) is 0 Å². The van der Waals surface area contributed by atoms with Crippen LogP contribution in [0.5, 0.6) is 0 Å². The third kappa shape index (κ3) is 7.61. The smallest absolute Gasteiger partial charge is 0.289 e. The number of carbonyl (C=O) groups is 1. The lowest BCUT2D eigenvalue weighted by Gasteiger charge is -2.30. The van der Waals surface area contributed by atoms with E-state index in [4.69, 9.17) is 11.6 Å². The summed E-state index contributed by atoms with van der Waals surface area (Å²) < 4.78 is 0. The first-order valence-electron chi connectivity index (χ1n) is 10.6. The molecule has 1 aliphatic rings. The molecule has 0 bridgehead atoms. The molecule has 1 fully saturated rings. The highest BCUT2D eigenvalue weighted by molar-refractivity contribution is 6.31. The summed E-state index contributed by atoms with van der Waals surface area (Å²) in [5.74, 6) is 0.0614. The van der Waals surface area contributed by atoms with Gasteiger partial charge in [0.25, 0.3) is 5.91 Å². The Labute approximate surface area is 189 Å². The highest BCUT2D eigenvalue weighted by Crippen LogP contribution is 2.21. The monoisotopic (exact) mass is 442 g/mol. The lowest BCUT2D eigenvalue weighted by molar-refractivity contribution is 0.0950.